The van der Waals surface area contributed by atoms with E-state index in [1.54, 1.807) is 48.5 Å². The number of nitrogens with one attached hydrogen (secondary N) is 1. The zero-order valence-electron chi connectivity index (χ0n) is 16.5. The van der Waals surface area contributed by atoms with Crippen molar-refractivity contribution in [1.29, 1.82) is 5.26 Å². The lowest BCUT2D eigenvalue weighted by molar-refractivity contribution is -0.112. The molecule has 160 valence electrons. The van der Waals surface area contributed by atoms with Crippen LogP contribution in [0.2, 0.25) is 0 Å². The number of ether oxygens (including phenoxy) is 1. The Hall–Kier alpha value is -3.41. The molecule has 0 spiro atoms. The molecule has 0 aliphatic heterocycles. The number of carbonyl (C=O) groups is 2. The number of halogens is 2. The van der Waals surface area contributed by atoms with Gasteiger partial charge in [0.1, 0.15) is 24.0 Å². The van der Waals surface area contributed by atoms with E-state index < -0.39 is 11.9 Å². The molecule has 0 heterocycles. The van der Waals surface area contributed by atoms with Crippen molar-refractivity contribution in [3.05, 3.63) is 97.9 Å². The summed E-state index contributed by atoms with van der Waals surface area (Å²) >= 11 is 6.74. The Labute approximate surface area is 201 Å². The average Bonchev–Trinajstić information content (AvgIpc) is 2.77. The number of benzene rings is 3. The first kappa shape index (κ1) is 23.3. The van der Waals surface area contributed by atoms with Crippen LogP contribution in [0.3, 0.4) is 0 Å². The minimum atomic E-state index is -0.997. The van der Waals surface area contributed by atoms with E-state index >= 15 is 0 Å². The summed E-state index contributed by atoms with van der Waals surface area (Å²) in [6.45, 7) is 0.189. The van der Waals surface area contributed by atoms with Crippen LogP contribution in [0.25, 0.3) is 6.08 Å². The Morgan fingerprint density at radius 2 is 1.75 bits per heavy atom. The van der Waals surface area contributed by atoms with Crippen molar-refractivity contribution in [3.63, 3.8) is 0 Å². The lowest BCUT2D eigenvalue weighted by Gasteiger charge is -2.11. The van der Waals surface area contributed by atoms with Crippen LogP contribution in [0, 0.1) is 11.3 Å². The monoisotopic (exact) mass is 554 g/mol. The van der Waals surface area contributed by atoms with E-state index in [1.807, 2.05) is 12.1 Å². The van der Waals surface area contributed by atoms with Crippen LogP contribution in [0.5, 0.6) is 5.75 Å². The Bertz CT molecular complexity index is 1230. The highest BCUT2D eigenvalue weighted by Gasteiger charge is 2.12. The molecule has 0 aliphatic carbocycles. The van der Waals surface area contributed by atoms with Crippen LogP contribution in [0.15, 0.2) is 81.2 Å². The molecule has 6 nitrogen and oxygen atoms in total. The van der Waals surface area contributed by atoms with E-state index in [0.717, 1.165) is 14.5 Å². The van der Waals surface area contributed by atoms with Gasteiger partial charge in [0.15, 0.2) is 0 Å². The Balaban J connectivity index is 1.80. The minimum absolute atomic E-state index is 0.0845. The molecule has 2 N–H and O–H groups in total. The molecular weight excluding hydrogens is 540 g/mol. The topological polar surface area (TPSA) is 99.4 Å². The maximum Gasteiger partial charge on any atom is 0.335 e. The molecule has 0 saturated heterocycles. The zero-order chi connectivity index (χ0) is 23.1. The molecule has 8 heteroatoms. The van der Waals surface area contributed by atoms with Crippen molar-refractivity contribution in [2.75, 3.05) is 5.32 Å². The molecule has 32 heavy (non-hydrogen) atoms. The number of carboxylic acids is 1. The molecule has 0 bridgehead atoms. The number of nitrogens with zero attached hydrogens (tertiary/aromatic N) is 1. The highest BCUT2D eigenvalue weighted by Crippen LogP contribution is 2.27. The summed E-state index contributed by atoms with van der Waals surface area (Å²) in [4.78, 5) is 23.6. The van der Waals surface area contributed by atoms with E-state index in [0.29, 0.717) is 17.0 Å². The maximum absolute atomic E-state index is 12.6. The highest BCUT2D eigenvalue weighted by molar-refractivity contribution is 9.10. The fourth-order valence-corrected chi connectivity index (χ4v) is 3.51. The number of rotatable bonds is 7. The van der Waals surface area contributed by atoms with Gasteiger partial charge in [-0.1, -0.05) is 50.1 Å². The number of carbonyl (C=O) groups excluding carboxylic acids is 1. The van der Waals surface area contributed by atoms with Gasteiger partial charge in [0, 0.05) is 20.2 Å². The van der Waals surface area contributed by atoms with Crippen LogP contribution in [-0.2, 0) is 11.4 Å². The number of amides is 1. The van der Waals surface area contributed by atoms with Gasteiger partial charge in [0.2, 0.25) is 0 Å². The van der Waals surface area contributed by atoms with Crippen molar-refractivity contribution in [3.8, 4) is 11.8 Å². The van der Waals surface area contributed by atoms with E-state index in [4.69, 9.17) is 9.84 Å². The molecule has 3 rings (SSSR count). The molecule has 1 amide bonds. The van der Waals surface area contributed by atoms with Gasteiger partial charge in [-0.3, -0.25) is 4.79 Å². The van der Waals surface area contributed by atoms with E-state index in [1.165, 1.54) is 18.2 Å². The first-order valence-electron chi connectivity index (χ1n) is 9.29. The lowest BCUT2D eigenvalue weighted by atomic mass is 10.1. The van der Waals surface area contributed by atoms with Crippen molar-refractivity contribution in [2.45, 2.75) is 6.61 Å². The van der Waals surface area contributed by atoms with Crippen molar-refractivity contribution < 1.29 is 19.4 Å². The number of nitriles is 1. The molecule has 0 saturated carbocycles. The molecule has 0 aliphatic rings. The van der Waals surface area contributed by atoms with Crippen LogP contribution < -0.4 is 10.1 Å². The third-order valence-corrected chi connectivity index (χ3v) is 5.30. The van der Waals surface area contributed by atoms with Crippen molar-refractivity contribution >= 4 is 55.5 Å². The summed E-state index contributed by atoms with van der Waals surface area (Å²) < 4.78 is 7.44. The smallest absolute Gasteiger partial charge is 0.335 e. The third-order valence-electron chi connectivity index (χ3n) is 4.31. The van der Waals surface area contributed by atoms with Crippen LogP contribution in [-0.4, -0.2) is 17.0 Å². The summed E-state index contributed by atoms with van der Waals surface area (Å²) in [6, 6.07) is 20.6. The Kier molecular flexibility index (Phi) is 7.82. The van der Waals surface area contributed by atoms with Crippen molar-refractivity contribution in [1.82, 2.24) is 0 Å². The van der Waals surface area contributed by atoms with E-state index in [9.17, 15) is 14.9 Å². The number of aromatic carboxylic acids is 1. The maximum atomic E-state index is 12.6. The summed E-state index contributed by atoms with van der Waals surface area (Å²) in [6.07, 6.45) is 1.46. The quantitative estimate of drug-likeness (QED) is 0.274. The average molecular weight is 556 g/mol. The van der Waals surface area contributed by atoms with Crippen molar-refractivity contribution in [2.24, 2.45) is 0 Å². The van der Waals surface area contributed by atoms with Gasteiger partial charge in [-0.25, -0.2) is 4.79 Å². The first-order valence-corrected chi connectivity index (χ1v) is 10.9. The summed E-state index contributed by atoms with van der Waals surface area (Å²) in [5.41, 5.74) is 1.99. The third kappa shape index (κ3) is 6.30. The minimum Gasteiger partial charge on any atom is -0.488 e. The standard InChI is InChI=1S/C24H16Br2N2O4/c25-19-2-1-3-21(12-19)28-23(29)18(13-27)10-17-11-20(26)8-9-22(17)32-14-15-4-6-16(7-5-15)24(30)31/h1-12H,14H2,(H,28,29)(H,30,31)/b18-10-. The van der Waals surface area contributed by atoms with E-state index in [2.05, 4.69) is 37.2 Å². The predicted molar refractivity (Wildman–Crippen MR) is 128 cm³/mol. The second kappa shape index (κ2) is 10.8. The largest absolute Gasteiger partial charge is 0.488 e. The molecule has 0 atom stereocenters. The summed E-state index contributed by atoms with van der Waals surface area (Å²) in [7, 11) is 0. The Morgan fingerprint density at radius 3 is 2.41 bits per heavy atom. The van der Waals surface area contributed by atoms with Crippen LogP contribution in [0.4, 0.5) is 5.69 Å². The molecular formula is C24H16Br2N2O4. The van der Waals surface area contributed by atoms with Gasteiger partial charge in [-0.2, -0.15) is 5.26 Å². The second-order valence-corrected chi connectivity index (χ2v) is 8.44. The first-order chi connectivity index (χ1) is 15.4. The number of hydrogen-bond acceptors (Lipinski definition) is 4. The zero-order valence-corrected chi connectivity index (χ0v) is 19.7. The van der Waals surface area contributed by atoms with E-state index in [-0.39, 0.29) is 17.7 Å². The molecule has 3 aromatic rings. The predicted octanol–water partition coefficient (Wildman–Crippen LogP) is 6.03. The Morgan fingerprint density at radius 1 is 1.03 bits per heavy atom. The number of hydrogen-bond donors (Lipinski definition) is 2. The van der Waals surface area contributed by atoms with Gasteiger partial charge < -0.3 is 15.2 Å². The number of carboxylic acid groups (broad SMARTS) is 1. The van der Waals surface area contributed by atoms with Crippen LogP contribution >= 0.6 is 31.9 Å². The van der Waals surface area contributed by atoms with Gasteiger partial charge in [-0.05, 0) is 60.2 Å². The SMILES string of the molecule is N#C/C(=C/c1cc(Br)ccc1OCc1ccc(C(=O)O)cc1)C(=O)Nc1cccc(Br)c1. The molecule has 0 fully saturated rings. The lowest BCUT2D eigenvalue weighted by Crippen LogP contribution is -2.13. The number of anilines is 1. The molecule has 0 aromatic heterocycles. The van der Waals surface area contributed by atoms with Gasteiger partial charge in [-0.15, -0.1) is 0 Å². The van der Waals surface area contributed by atoms with Gasteiger partial charge in [0.25, 0.3) is 5.91 Å². The molecule has 0 unspecified atom stereocenters. The van der Waals surface area contributed by atoms with Gasteiger partial charge >= 0.3 is 5.97 Å². The van der Waals surface area contributed by atoms with Crippen LogP contribution in [0.1, 0.15) is 21.5 Å². The fraction of sp³-hybridized carbons (Fsp3) is 0.0417. The molecule has 0 radical (unpaired) electrons. The normalized spacial score (nSPS) is 10.8. The second-order valence-electron chi connectivity index (χ2n) is 6.61. The summed E-state index contributed by atoms with van der Waals surface area (Å²) in [5, 5.41) is 21.2. The molecule has 3 aromatic carbocycles. The highest BCUT2D eigenvalue weighted by atomic mass is 79.9. The fourth-order valence-electron chi connectivity index (χ4n) is 2.74. The summed E-state index contributed by atoms with van der Waals surface area (Å²) in [5.74, 6) is -1.07. The van der Waals surface area contributed by atoms with Gasteiger partial charge in [0.05, 0.1) is 5.56 Å².